The minimum absolute atomic E-state index is 0.373. The summed E-state index contributed by atoms with van der Waals surface area (Å²) in [5.74, 6) is 0. The summed E-state index contributed by atoms with van der Waals surface area (Å²) in [6.07, 6.45) is 19.2. The Labute approximate surface area is 109 Å². The van der Waals surface area contributed by atoms with E-state index in [1.807, 2.05) is 0 Å². The lowest BCUT2D eigenvalue weighted by atomic mass is 10.0. The van der Waals surface area contributed by atoms with Gasteiger partial charge < -0.3 is 5.11 Å². The van der Waals surface area contributed by atoms with E-state index in [1.54, 1.807) is 0 Å². The summed E-state index contributed by atoms with van der Waals surface area (Å²) in [4.78, 5) is 0. The van der Waals surface area contributed by atoms with Gasteiger partial charge >= 0.3 is 0 Å². The number of rotatable bonds is 14. The van der Waals surface area contributed by atoms with Gasteiger partial charge in [0.25, 0.3) is 0 Å². The van der Waals surface area contributed by atoms with E-state index in [0.717, 1.165) is 6.42 Å². The molecule has 0 rings (SSSR count). The van der Waals surface area contributed by atoms with E-state index in [2.05, 4.69) is 6.92 Å². The molecule has 0 spiro atoms. The lowest BCUT2D eigenvalue weighted by Gasteiger charge is -2.02. The van der Waals surface area contributed by atoms with Crippen LogP contribution in [0.2, 0.25) is 0 Å². The van der Waals surface area contributed by atoms with Gasteiger partial charge in [-0.05, 0) is 6.42 Å². The maximum atomic E-state index is 8.64. The molecule has 0 heterocycles. The highest BCUT2D eigenvalue weighted by Crippen LogP contribution is 2.12. The quantitative estimate of drug-likeness (QED) is 0.401. The summed E-state index contributed by atoms with van der Waals surface area (Å²) < 4.78 is 0. The van der Waals surface area contributed by atoms with Gasteiger partial charge in [-0.25, -0.2) is 0 Å². The molecule has 0 bridgehead atoms. The molecule has 1 N–H and O–H groups in total. The van der Waals surface area contributed by atoms with E-state index >= 15 is 0 Å². The molecule has 104 valence electrons. The molecule has 0 aliphatic heterocycles. The molecule has 1 nitrogen and oxygen atoms in total. The van der Waals surface area contributed by atoms with Crippen LogP contribution in [0.25, 0.3) is 0 Å². The van der Waals surface area contributed by atoms with Crippen molar-refractivity contribution < 1.29 is 5.11 Å². The van der Waals surface area contributed by atoms with Gasteiger partial charge in [0, 0.05) is 6.61 Å². The number of aliphatic hydroxyl groups excluding tert-OH is 1. The van der Waals surface area contributed by atoms with Crippen molar-refractivity contribution in [2.24, 2.45) is 0 Å². The zero-order valence-electron chi connectivity index (χ0n) is 12.1. The third-order valence-electron chi connectivity index (χ3n) is 3.51. The van der Waals surface area contributed by atoms with Crippen LogP contribution in [0.1, 0.15) is 96.8 Å². The first kappa shape index (κ1) is 17.0. The van der Waals surface area contributed by atoms with E-state index in [-0.39, 0.29) is 0 Å². The highest BCUT2D eigenvalue weighted by Gasteiger charge is 1.93. The summed E-state index contributed by atoms with van der Waals surface area (Å²) in [6, 6.07) is 0. The van der Waals surface area contributed by atoms with Gasteiger partial charge in [0.1, 0.15) is 0 Å². The molecular formula is C16H34O. The highest BCUT2D eigenvalue weighted by atomic mass is 16.2. The predicted octanol–water partition coefficient (Wildman–Crippen LogP) is 5.46. The topological polar surface area (TPSA) is 20.2 Å². The maximum absolute atomic E-state index is 8.64. The van der Waals surface area contributed by atoms with Gasteiger partial charge in [-0.3, -0.25) is 0 Å². The zero-order chi connectivity index (χ0) is 12.6. The van der Waals surface area contributed by atoms with E-state index in [9.17, 15) is 0 Å². The average molecular weight is 242 g/mol. The second-order valence-electron chi connectivity index (χ2n) is 5.32. The predicted molar refractivity (Wildman–Crippen MR) is 77.4 cm³/mol. The smallest absolute Gasteiger partial charge is 0.0431 e. The van der Waals surface area contributed by atoms with Crippen molar-refractivity contribution in [1.82, 2.24) is 0 Å². The Hall–Kier alpha value is -0.0400. The van der Waals surface area contributed by atoms with Gasteiger partial charge in [0.15, 0.2) is 0 Å². The summed E-state index contributed by atoms with van der Waals surface area (Å²) in [5.41, 5.74) is 0. The van der Waals surface area contributed by atoms with Crippen molar-refractivity contribution in [1.29, 1.82) is 0 Å². The monoisotopic (exact) mass is 242 g/mol. The number of unbranched alkanes of at least 4 members (excludes halogenated alkanes) is 13. The van der Waals surface area contributed by atoms with Crippen molar-refractivity contribution in [3.63, 3.8) is 0 Å². The first-order chi connectivity index (χ1) is 8.41. The third kappa shape index (κ3) is 16.0. The molecule has 0 radical (unpaired) electrons. The molecule has 0 aliphatic carbocycles. The number of hydrogen-bond donors (Lipinski definition) is 1. The Morgan fingerprint density at radius 2 is 0.765 bits per heavy atom. The second-order valence-corrected chi connectivity index (χ2v) is 5.32. The van der Waals surface area contributed by atoms with Crippen molar-refractivity contribution in [2.45, 2.75) is 96.8 Å². The molecule has 0 amide bonds. The third-order valence-corrected chi connectivity index (χ3v) is 3.51. The van der Waals surface area contributed by atoms with Crippen LogP contribution >= 0.6 is 0 Å². The van der Waals surface area contributed by atoms with Gasteiger partial charge in [-0.15, -0.1) is 0 Å². The standard InChI is InChI=1S/C16H34O/c1-2-3-4-5-6-7-8-9-10-11-12-13-14-15-16-17/h17H,2-16H2,1H3/i17+0. The Morgan fingerprint density at radius 1 is 0.471 bits per heavy atom. The minimum Gasteiger partial charge on any atom is -0.396 e. The van der Waals surface area contributed by atoms with Crippen molar-refractivity contribution in [3.8, 4) is 0 Å². The molecule has 0 saturated carbocycles. The first-order valence-electron chi connectivity index (χ1n) is 8.02. The summed E-state index contributed by atoms with van der Waals surface area (Å²) >= 11 is 0. The first-order valence-corrected chi connectivity index (χ1v) is 8.02. The Bertz CT molecular complexity index is 109. The normalized spacial score (nSPS) is 10.9. The van der Waals surface area contributed by atoms with Gasteiger partial charge in [-0.2, -0.15) is 0 Å². The molecule has 0 aromatic heterocycles. The summed E-state index contributed by atoms with van der Waals surface area (Å²) in [5, 5.41) is 8.64. The van der Waals surface area contributed by atoms with Crippen molar-refractivity contribution in [3.05, 3.63) is 0 Å². The molecule has 0 aromatic carbocycles. The molecule has 1 heteroatoms. The van der Waals surface area contributed by atoms with Crippen molar-refractivity contribution in [2.75, 3.05) is 6.61 Å². The fraction of sp³-hybridized carbons (Fsp3) is 1.00. The molecule has 17 heavy (non-hydrogen) atoms. The van der Waals surface area contributed by atoms with Crippen LogP contribution in [0, 0.1) is 0 Å². The van der Waals surface area contributed by atoms with Crippen LogP contribution in [0.4, 0.5) is 0 Å². The molecule has 0 saturated heterocycles. The zero-order valence-corrected chi connectivity index (χ0v) is 12.1. The maximum Gasteiger partial charge on any atom is 0.0431 e. The fourth-order valence-corrected chi connectivity index (χ4v) is 2.31. The molecule has 0 fully saturated rings. The van der Waals surface area contributed by atoms with Gasteiger partial charge in [0.05, 0.1) is 0 Å². The van der Waals surface area contributed by atoms with Crippen LogP contribution < -0.4 is 0 Å². The molecular weight excluding hydrogens is 208 g/mol. The Morgan fingerprint density at radius 3 is 1.06 bits per heavy atom. The lowest BCUT2D eigenvalue weighted by molar-refractivity contribution is 0.282. The van der Waals surface area contributed by atoms with E-state index in [1.165, 1.54) is 83.5 Å². The van der Waals surface area contributed by atoms with Crippen LogP contribution in [-0.4, -0.2) is 11.7 Å². The van der Waals surface area contributed by atoms with Crippen LogP contribution in [-0.2, 0) is 0 Å². The van der Waals surface area contributed by atoms with E-state index in [4.69, 9.17) is 5.11 Å². The molecule has 0 unspecified atom stereocenters. The van der Waals surface area contributed by atoms with Gasteiger partial charge in [0.2, 0.25) is 0 Å². The van der Waals surface area contributed by atoms with Crippen molar-refractivity contribution >= 4 is 0 Å². The lowest BCUT2D eigenvalue weighted by Crippen LogP contribution is -1.84. The number of hydrogen-bond acceptors (Lipinski definition) is 1. The summed E-state index contributed by atoms with van der Waals surface area (Å²) in [7, 11) is 0. The second kappa shape index (κ2) is 16.0. The van der Waals surface area contributed by atoms with Crippen LogP contribution in [0.15, 0.2) is 0 Å². The van der Waals surface area contributed by atoms with E-state index < -0.39 is 0 Å². The highest BCUT2D eigenvalue weighted by molar-refractivity contribution is 4.48. The number of aliphatic hydroxyl groups is 1. The molecule has 0 atom stereocenters. The molecule has 0 aromatic rings. The Kier molecular flexibility index (Phi) is 15.9. The van der Waals surface area contributed by atoms with Crippen LogP contribution in [0.5, 0.6) is 0 Å². The Balaban J connectivity index is 2.85. The summed E-state index contributed by atoms with van der Waals surface area (Å²) in [6.45, 7) is 2.65. The molecule has 0 aliphatic rings. The van der Waals surface area contributed by atoms with Gasteiger partial charge in [-0.1, -0.05) is 90.4 Å². The van der Waals surface area contributed by atoms with Crippen LogP contribution in [0.3, 0.4) is 0 Å². The minimum atomic E-state index is 0.373. The average Bonchev–Trinajstić information content (AvgIpc) is 2.35. The SMILES string of the molecule is CCCCCCCCCCCCCCCC[16OH]. The largest absolute Gasteiger partial charge is 0.396 e. The van der Waals surface area contributed by atoms with E-state index in [0.29, 0.717) is 6.61 Å². The fourth-order valence-electron chi connectivity index (χ4n) is 2.31.